The van der Waals surface area contributed by atoms with Crippen LogP contribution in [0.4, 0.5) is 5.69 Å². The van der Waals surface area contributed by atoms with Crippen molar-refractivity contribution in [3.8, 4) is 0 Å². The summed E-state index contributed by atoms with van der Waals surface area (Å²) >= 11 is 1.15. The van der Waals surface area contributed by atoms with E-state index in [1.54, 1.807) is 41.8 Å². The van der Waals surface area contributed by atoms with E-state index in [4.69, 9.17) is 0 Å². The van der Waals surface area contributed by atoms with Crippen molar-refractivity contribution in [2.24, 2.45) is 0 Å². The first-order chi connectivity index (χ1) is 13.0. The van der Waals surface area contributed by atoms with Crippen molar-refractivity contribution in [1.29, 1.82) is 0 Å². The van der Waals surface area contributed by atoms with Crippen LogP contribution in [0.3, 0.4) is 0 Å². The summed E-state index contributed by atoms with van der Waals surface area (Å²) in [6.07, 6.45) is 0.772. The number of carbonyl (C=O) groups is 1. The highest BCUT2D eigenvalue weighted by Crippen LogP contribution is 2.21. The molecule has 7 heteroatoms. The maximum absolute atomic E-state index is 12.5. The van der Waals surface area contributed by atoms with Gasteiger partial charge >= 0.3 is 0 Å². The second kappa shape index (κ2) is 8.37. The van der Waals surface area contributed by atoms with Crippen molar-refractivity contribution in [2.45, 2.75) is 23.6 Å². The molecule has 0 fully saturated rings. The van der Waals surface area contributed by atoms with Gasteiger partial charge in [-0.1, -0.05) is 43.3 Å². The molecule has 0 aliphatic rings. The summed E-state index contributed by atoms with van der Waals surface area (Å²) in [5.41, 5.74) is 1.94. The van der Waals surface area contributed by atoms with E-state index in [-0.39, 0.29) is 16.2 Å². The van der Waals surface area contributed by atoms with Crippen molar-refractivity contribution in [2.75, 3.05) is 4.72 Å². The predicted molar refractivity (Wildman–Crippen MR) is 109 cm³/mol. The minimum atomic E-state index is -3.59. The Labute approximate surface area is 163 Å². The van der Waals surface area contributed by atoms with Crippen LogP contribution >= 0.6 is 11.3 Å². The maximum Gasteiger partial charge on any atom is 0.271 e. The van der Waals surface area contributed by atoms with Gasteiger partial charge < -0.3 is 5.32 Å². The van der Waals surface area contributed by atoms with Crippen LogP contribution in [0, 0.1) is 0 Å². The van der Waals surface area contributed by atoms with Crippen molar-refractivity contribution in [1.82, 2.24) is 5.32 Å². The molecule has 5 nitrogen and oxygen atoms in total. The number of benzene rings is 2. The monoisotopic (exact) mass is 400 g/mol. The minimum absolute atomic E-state index is 0.0734. The third kappa shape index (κ3) is 4.75. The zero-order valence-corrected chi connectivity index (χ0v) is 16.4. The number of sulfonamides is 1. The van der Waals surface area contributed by atoms with Crippen LogP contribution < -0.4 is 10.0 Å². The lowest BCUT2D eigenvalue weighted by atomic mass is 10.0. The van der Waals surface area contributed by atoms with Gasteiger partial charge in [-0.2, -0.15) is 0 Å². The summed E-state index contributed by atoms with van der Waals surface area (Å²) in [5, 5.41) is 4.72. The van der Waals surface area contributed by atoms with Gasteiger partial charge in [0.25, 0.3) is 15.9 Å². The molecule has 1 amide bonds. The van der Waals surface area contributed by atoms with Gasteiger partial charge in [0.05, 0.1) is 6.04 Å². The molecule has 1 atom stereocenters. The summed E-state index contributed by atoms with van der Waals surface area (Å²) < 4.78 is 27.2. The fourth-order valence-corrected chi connectivity index (χ4v) is 4.71. The van der Waals surface area contributed by atoms with E-state index >= 15 is 0 Å². The molecule has 0 bridgehead atoms. The van der Waals surface area contributed by atoms with E-state index < -0.39 is 10.0 Å². The number of hydrogen-bond donors (Lipinski definition) is 2. The Bertz CT molecular complexity index is 983. The molecule has 0 radical (unpaired) electrons. The zero-order chi connectivity index (χ0) is 19.3. The number of nitrogens with one attached hydrogen (secondary N) is 2. The molecule has 0 spiro atoms. The molecule has 0 saturated heterocycles. The van der Waals surface area contributed by atoms with Crippen LogP contribution in [0.1, 0.15) is 35.3 Å². The second-order valence-corrected chi connectivity index (χ2v) is 8.82. The first-order valence-corrected chi connectivity index (χ1v) is 10.9. The third-order valence-corrected chi connectivity index (χ3v) is 6.85. The Kier molecular flexibility index (Phi) is 5.93. The molecule has 0 aliphatic heterocycles. The quantitative estimate of drug-likeness (QED) is 0.616. The molecular formula is C20H20N2O3S2. The van der Waals surface area contributed by atoms with Crippen molar-refractivity contribution >= 4 is 33.0 Å². The molecule has 0 aliphatic carbocycles. The molecule has 27 heavy (non-hydrogen) atoms. The van der Waals surface area contributed by atoms with Gasteiger partial charge in [-0.15, -0.1) is 11.3 Å². The summed E-state index contributed by atoms with van der Waals surface area (Å²) in [7, 11) is -3.59. The van der Waals surface area contributed by atoms with Gasteiger partial charge in [0.2, 0.25) is 0 Å². The summed E-state index contributed by atoms with van der Waals surface area (Å²) in [6.45, 7) is 2.01. The highest BCUT2D eigenvalue weighted by Gasteiger charge is 2.16. The van der Waals surface area contributed by atoms with E-state index in [2.05, 4.69) is 10.0 Å². The van der Waals surface area contributed by atoms with Crippen LogP contribution in [0.25, 0.3) is 0 Å². The van der Waals surface area contributed by atoms with Crippen LogP contribution in [-0.2, 0) is 10.0 Å². The largest absolute Gasteiger partial charge is 0.345 e. The Morgan fingerprint density at radius 2 is 1.70 bits per heavy atom. The van der Waals surface area contributed by atoms with Gasteiger partial charge in [-0.05, 0) is 47.7 Å². The Hall–Kier alpha value is -2.64. The van der Waals surface area contributed by atoms with Gasteiger partial charge in [0.1, 0.15) is 4.21 Å². The van der Waals surface area contributed by atoms with Crippen molar-refractivity contribution < 1.29 is 13.2 Å². The predicted octanol–water partition coefficient (Wildman–Crippen LogP) is 4.43. The highest BCUT2D eigenvalue weighted by molar-refractivity contribution is 7.94. The van der Waals surface area contributed by atoms with Crippen LogP contribution in [0.15, 0.2) is 76.3 Å². The van der Waals surface area contributed by atoms with E-state index in [0.717, 1.165) is 23.3 Å². The zero-order valence-electron chi connectivity index (χ0n) is 14.8. The van der Waals surface area contributed by atoms with E-state index in [9.17, 15) is 13.2 Å². The van der Waals surface area contributed by atoms with Crippen LogP contribution in [-0.4, -0.2) is 14.3 Å². The van der Waals surface area contributed by atoms with E-state index in [1.165, 1.54) is 0 Å². The summed E-state index contributed by atoms with van der Waals surface area (Å²) in [4.78, 5) is 12.5. The van der Waals surface area contributed by atoms with E-state index in [0.29, 0.717) is 11.3 Å². The molecule has 1 heterocycles. The molecule has 2 N–H and O–H groups in total. The first-order valence-electron chi connectivity index (χ1n) is 8.52. The fraction of sp³-hybridized carbons (Fsp3) is 0.150. The van der Waals surface area contributed by atoms with Crippen LogP contribution in [0.5, 0.6) is 0 Å². The summed E-state index contributed by atoms with van der Waals surface area (Å²) in [6, 6.07) is 19.3. The normalized spacial score (nSPS) is 12.3. The number of thiophene rings is 1. The molecule has 3 aromatic rings. The van der Waals surface area contributed by atoms with E-state index in [1.807, 2.05) is 37.3 Å². The lowest BCUT2D eigenvalue weighted by molar-refractivity contribution is 0.0935. The number of rotatable bonds is 7. The van der Waals surface area contributed by atoms with Crippen molar-refractivity contribution in [3.05, 3.63) is 83.2 Å². The molecule has 0 unspecified atom stereocenters. The van der Waals surface area contributed by atoms with Crippen LogP contribution in [0.2, 0.25) is 0 Å². The van der Waals surface area contributed by atoms with Gasteiger partial charge in [-0.3, -0.25) is 9.52 Å². The molecular weight excluding hydrogens is 380 g/mol. The molecule has 1 aromatic heterocycles. The summed E-state index contributed by atoms with van der Waals surface area (Å²) in [5.74, 6) is -0.196. The Morgan fingerprint density at radius 3 is 2.30 bits per heavy atom. The number of anilines is 1. The lowest BCUT2D eigenvalue weighted by Crippen LogP contribution is -2.28. The maximum atomic E-state index is 12.5. The average molecular weight is 401 g/mol. The molecule has 3 rings (SSSR count). The molecule has 0 saturated carbocycles. The smallest absolute Gasteiger partial charge is 0.271 e. The molecule has 140 valence electrons. The van der Waals surface area contributed by atoms with Crippen molar-refractivity contribution in [3.63, 3.8) is 0 Å². The number of amides is 1. The average Bonchev–Trinajstić information content (AvgIpc) is 3.23. The van der Waals surface area contributed by atoms with Gasteiger partial charge in [-0.25, -0.2) is 8.42 Å². The van der Waals surface area contributed by atoms with Gasteiger partial charge in [0, 0.05) is 11.3 Å². The standard InChI is InChI=1S/C20H20N2O3S2/c1-2-18(15-7-4-3-5-8-15)21-20(23)16-10-12-17(13-11-16)22-27(24,25)19-9-6-14-26-19/h3-14,18,22H,2H2,1H3,(H,21,23)/t18-/m1/s1. The minimum Gasteiger partial charge on any atom is -0.345 e. The number of carbonyl (C=O) groups excluding carboxylic acids is 1. The fourth-order valence-electron chi connectivity index (χ4n) is 2.66. The highest BCUT2D eigenvalue weighted by atomic mass is 32.2. The topological polar surface area (TPSA) is 75.3 Å². The third-order valence-electron chi connectivity index (χ3n) is 4.07. The first kappa shape index (κ1) is 19.1. The lowest BCUT2D eigenvalue weighted by Gasteiger charge is -2.17. The molecule has 2 aromatic carbocycles. The Morgan fingerprint density at radius 1 is 1.00 bits per heavy atom. The second-order valence-electron chi connectivity index (χ2n) is 5.96. The Balaban J connectivity index is 1.69. The SMILES string of the molecule is CC[C@@H](NC(=O)c1ccc(NS(=O)(=O)c2cccs2)cc1)c1ccccc1. The number of hydrogen-bond acceptors (Lipinski definition) is 4. The van der Waals surface area contributed by atoms with Gasteiger partial charge in [0.15, 0.2) is 0 Å².